The van der Waals surface area contributed by atoms with Gasteiger partial charge in [0, 0.05) is 10.8 Å². The summed E-state index contributed by atoms with van der Waals surface area (Å²) in [6, 6.07) is 33.6. The van der Waals surface area contributed by atoms with Crippen molar-refractivity contribution in [2.24, 2.45) is 0 Å². The maximum Gasteiger partial charge on any atom is 0.299 e. The molecule has 5 heteroatoms. The van der Waals surface area contributed by atoms with Gasteiger partial charge in [-0.3, -0.25) is 9.59 Å². The second kappa shape index (κ2) is 8.60. The van der Waals surface area contributed by atoms with Crippen LogP contribution in [0.15, 0.2) is 107 Å². The largest absolute Gasteiger partial charge is 0.302 e. The summed E-state index contributed by atoms with van der Waals surface area (Å²) >= 11 is 0. The lowest BCUT2D eigenvalue weighted by Crippen LogP contribution is -2.23. The zero-order chi connectivity index (χ0) is 30.9. The lowest BCUT2D eigenvalue weighted by molar-refractivity contribution is 0.660. The molecule has 0 aliphatic heterocycles. The van der Waals surface area contributed by atoms with Crippen LogP contribution < -0.4 is 11.1 Å². The first kappa shape index (κ1) is 26.0. The van der Waals surface area contributed by atoms with E-state index in [0.29, 0.717) is 10.9 Å². The summed E-state index contributed by atoms with van der Waals surface area (Å²) in [5.74, 6) is 0. The first-order valence-corrected chi connectivity index (χ1v) is 15.5. The molecule has 5 nitrogen and oxygen atoms in total. The second-order valence-corrected chi connectivity index (χ2v) is 13.2. The van der Waals surface area contributed by atoms with E-state index < -0.39 is 0 Å². The van der Waals surface area contributed by atoms with E-state index in [1.807, 2.05) is 34.8 Å². The van der Waals surface area contributed by atoms with Crippen molar-refractivity contribution in [3.63, 3.8) is 0 Å². The van der Waals surface area contributed by atoms with Crippen LogP contribution in [0.5, 0.6) is 0 Å². The average molecular weight is 586 g/mol. The standard InChI is InChI=1S/C40H31N3O2/c1-22-18-23(2)35(24(3)19-22)41-33-13-9-7-11-29(33)36-37(41)39(45)43-38(44)30-20-25(15-17-34(30)42(36)43)26-14-16-28-27-10-6-8-12-31(27)40(4,5)32(28)21-26/h6-21H,1-5H3. The van der Waals surface area contributed by atoms with Crippen LogP contribution in [0.4, 0.5) is 0 Å². The zero-order valence-electron chi connectivity index (χ0n) is 25.9. The van der Waals surface area contributed by atoms with Crippen LogP contribution in [0.1, 0.15) is 41.7 Å². The molecule has 0 N–H and O–H groups in total. The molecule has 0 fully saturated rings. The minimum Gasteiger partial charge on any atom is -0.302 e. The maximum absolute atomic E-state index is 14.3. The number of rotatable bonds is 2. The SMILES string of the molecule is Cc1cc(C)c(-n2c3ccccc3c3c2c(=O)n2c(=O)c4cc(-c5ccc6c(c5)C(C)(C)c5ccccc5-6)ccc4n32)c(C)c1. The molecule has 3 heterocycles. The van der Waals surface area contributed by atoms with E-state index in [0.717, 1.165) is 49.9 Å². The molecular weight excluding hydrogens is 554 g/mol. The van der Waals surface area contributed by atoms with Crippen molar-refractivity contribution in [2.45, 2.75) is 40.0 Å². The van der Waals surface area contributed by atoms with E-state index in [1.54, 1.807) is 0 Å². The van der Waals surface area contributed by atoms with E-state index in [4.69, 9.17) is 0 Å². The normalized spacial score (nSPS) is 13.8. The summed E-state index contributed by atoms with van der Waals surface area (Å²) in [4.78, 5) is 28.4. The fraction of sp³-hybridized carbons (Fsp3) is 0.150. The van der Waals surface area contributed by atoms with Gasteiger partial charge in [-0.05, 0) is 89.5 Å². The minimum atomic E-state index is -0.305. The van der Waals surface area contributed by atoms with Crippen LogP contribution in [-0.4, -0.2) is 13.6 Å². The first-order chi connectivity index (χ1) is 21.7. The van der Waals surface area contributed by atoms with Crippen molar-refractivity contribution in [1.29, 1.82) is 0 Å². The molecule has 0 atom stereocenters. The number of hydrogen-bond donors (Lipinski definition) is 0. The Labute approximate surface area is 259 Å². The van der Waals surface area contributed by atoms with Gasteiger partial charge in [0.25, 0.3) is 11.1 Å². The lowest BCUT2D eigenvalue weighted by atomic mass is 9.81. The molecule has 0 radical (unpaired) electrons. The zero-order valence-corrected chi connectivity index (χ0v) is 25.9. The molecule has 0 amide bonds. The summed E-state index contributed by atoms with van der Waals surface area (Å²) in [5, 5.41) is 1.47. The molecule has 0 unspecified atom stereocenters. The van der Waals surface area contributed by atoms with Crippen molar-refractivity contribution in [1.82, 2.24) is 13.6 Å². The molecule has 45 heavy (non-hydrogen) atoms. The highest BCUT2D eigenvalue weighted by Gasteiger charge is 2.35. The third kappa shape index (κ3) is 3.22. The fourth-order valence-corrected chi connectivity index (χ4v) is 8.16. The Morgan fingerprint density at radius 2 is 1.22 bits per heavy atom. The quantitative estimate of drug-likeness (QED) is 0.205. The molecule has 1 aliphatic carbocycles. The van der Waals surface area contributed by atoms with Crippen LogP contribution in [0.3, 0.4) is 0 Å². The highest BCUT2D eigenvalue weighted by atomic mass is 16.2. The van der Waals surface area contributed by atoms with Gasteiger partial charge in [0.15, 0.2) is 0 Å². The number of nitrogens with zero attached hydrogens (tertiary/aromatic N) is 3. The van der Waals surface area contributed by atoms with Gasteiger partial charge < -0.3 is 4.57 Å². The fourth-order valence-electron chi connectivity index (χ4n) is 8.16. The van der Waals surface area contributed by atoms with Gasteiger partial charge in [-0.1, -0.05) is 92.2 Å². The predicted octanol–water partition coefficient (Wildman–Crippen LogP) is 8.35. The molecule has 3 aromatic heterocycles. The van der Waals surface area contributed by atoms with E-state index >= 15 is 0 Å². The van der Waals surface area contributed by atoms with Gasteiger partial charge in [0.2, 0.25) is 0 Å². The van der Waals surface area contributed by atoms with Crippen molar-refractivity contribution >= 4 is 32.8 Å². The van der Waals surface area contributed by atoms with Crippen molar-refractivity contribution in [3.8, 4) is 27.9 Å². The van der Waals surface area contributed by atoms with E-state index in [2.05, 4.69) is 106 Å². The van der Waals surface area contributed by atoms with Gasteiger partial charge in [-0.2, -0.15) is 4.52 Å². The summed E-state index contributed by atoms with van der Waals surface area (Å²) < 4.78 is 5.21. The molecule has 1 aliphatic rings. The van der Waals surface area contributed by atoms with Crippen molar-refractivity contribution in [2.75, 3.05) is 0 Å². The minimum absolute atomic E-state index is 0.117. The molecule has 0 bridgehead atoms. The number of benzene rings is 5. The van der Waals surface area contributed by atoms with Crippen LogP contribution in [0.2, 0.25) is 0 Å². The number of hydrogen-bond acceptors (Lipinski definition) is 2. The Hall–Kier alpha value is -5.42. The van der Waals surface area contributed by atoms with E-state index in [9.17, 15) is 9.59 Å². The number of aryl methyl sites for hydroxylation is 3. The Morgan fingerprint density at radius 1 is 0.556 bits per heavy atom. The van der Waals surface area contributed by atoms with Crippen molar-refractivity contribution in [3.05, 3.63) is 146 Å². The summed E-state index contributed by atoms with van der Waals surface area (Å²) in [6.45, 7) is 10.8. The van der Waals surface area contributed by atoms with Crippen LogP contribution in [0, 0.1) is 20.8 Å². The smallest absolute Gasteiger partial charge is 0.299 e. The summed E-state index contributed by atoms with van der Waals surface area (Å²) in [6.07, 6.45) is 0. The number of aromatic nitrogens is 3. The lowest BCUT2D eigenvalue weighted by Gasteiger charge is -2.22. The average Bonchev–Trinajstić information content (AvgIpc) is 3.68. The highest BCUT2D eigenvalue weighted by Crippen LogP contribution is 2.49. The van der Waals surface area contributed by atoms with Gasteiger partial charge >= 0.3 is 0 Å². The third-order valence-electron chi connectivity index (χ3n) is 10.1. The monoisotopic (exact) mass is 585 g/mol. The Balaban J connectivity index is 1.31. The van der Waals surface area contributed by atoms with Gasteiger partial charge in [-0.15, -0.1) is 0 Å². The Kier molecular flexibility index (Phi) is 4.98. The molecule has 9 rings (SSSR count). The first-order valence-electron chi connectivity index (χ1n) is 15.5. The molecule has 218 valence electrons. The molecule has 0 saturated heterocycles. The number of para-hydroxylation sites is 1. The Morgan fingerprint density at radius 3 is 2.02 bits per heavy atom. The van der Waals surface area contributed by atoms with Gasteiger partial charge in [-0.25, -0.2) is 4.52 Å². The van der Waals surface area contributed by atoms with Crippen LogP contribution in [0.25, 0.3) is 60.8 Å². The molecular formula is C40H31N3O2. The molecule has 5 aromatic carbocycles. The van der Waals surface area contributed by atoms with E-state index in [1.165, 1.54) is 32.3 Å². The summed E-state index contributed by atoms with van der Waals surface area (Å²) in [5.41, 5.74) is 13.7. The second-order valence-electron chi connectivity index (χ2n) is 13.2. The van der Waals surface area contributed by atoms with Crippen LogP contribution >= 0.6 is 0 Å². The topological polar surface area (TPSA) is 47.9 Å². The highest BCUT2D eigenvalue weighted by molar-refractivity contribution is 6.09. The predicted molar refractivity (Wildman–Crippen MR) is 184 cm³/mol. The van der Waals surface area contributed by atoms with Gasteiger partial charge in [0.05, 0.1) is 22.1 Å². The van der Waals surface area contributed by atoms with E-state index in [-0.39, 0.29) is 16.5 Å². The van der Waals surface area contributed by atoms with Crippen molar-refractivity contribution < 1.29 is 0 Å². The van der Waals surface area contributed by atoms with Crippen LogP contribution in [-0.2, 0) is 5.41 Å². The number of fused-ring (bicyclic) bond motifs is 10. The molecule has 0 spiro atoms. The third-order valence-corrected chi connectivity index (χ3v) is 10.1. The maximum atomic E-state index is 14.3. The Bertz CT molecular complexity index is 2680. The molecule has 0 saturated carbocycles. The molecule has 8 aromatic rings. The summed E-state index contributed by atoms with van der Waals surface area (Å²) in [7, 11) is 0. The van der Waals surface area contributed by atoms with Gasteiger partial charge in [0.1, 0.15) is 11.0 Å².